The van der Waals surface area contributed by atoms with Crippen LogP contribution in [0.3, 0.4) is 0 Å². The third kappa shape index (κ3) is 5.96. The van der Waals surface area contributed by atoms with E-state index >= 15 is 0 Å². The van der Waals surface area contributed by atoms with Crippen LogP contribution >= 0.6 is 0 Å². The Hall–Kier alpha value is -5.00. The van der Waals surface area contributed by atoms with Gasteiger partial charge in [0.05, 0.1) is 11.2 Å². The normalized spacial score (nSPS) is 14.0. The quantitative estimate of drug-likeness (QED) is 0.255. The molecule has 202 valence electrons. The molecular weight excluding hydrogens is 510 g/mol. The number of carbonyl (C=O) groups is 1. The van der Waals surface area contributed by atoms with E-state index in [0.29, 0.717) is 17.6 Å². The summed E-state index contributed by atoms with van der Waals surface area (Å²) in [6, 6.07) is 26.9. The average Bonchev–Trinajstić information content (AvgIpc) is 3.02. The zero-order valence-electron chi connectivity index (χ0n) is 22.8. The number of anilines is 1. The van der Waals surface area contributed by atoms with E-state index in [0.717, 1.165) is 65.8 Å². The van der Waals surface area contributed by atoms with Crippen molar-refractivity contribution in [3.63, 3.8) is 0 Å². The van der Waals surface area contributed by atoms with E-state index in [4.69, 9.17) is 10.2 Å². The van der Waals surface area contributed by atoms with Gasteiger partial charge in [-0.2, -0.15) is 5.26 Å². The Bertz CT molecular complexity index is 1740. The molecule has 0 amide bonds. The molecule has 4 heterocycles. The number of piperidine rings is 1. The Labute approximate surface area is 238 Å². The van der Waals surface area contributed by atoms with Crippen LogP contribution in [0, 0.1) is 11.3 Å². The number of hydrogen-bond acceptors (Lipinski definition) is 8. The molecule has 8 nitrogen and oxygen atoms in total. The van der Waals surface area contributed by atoms with Gasteiger partial charge in [0.25, 0.3) is 0 Å². The smallest absolute Gasteiger partial charge is 0.234 e. The molecule has 1 fully saturated rings. The highest BCUT2D eigenvalue weighted by Crippen LogP contribution is 2.33. The SMILES string of the molecule is CC(=O)c1cc2nc(-c3ccc(CN4CCC(Nc5ccnc(C#N)n5)CC4)cc3)c(-c3ccccc3)cc2cn1. The van der Waals surface area contributed by atoms with E-state index in [1.165, 1.54) is 12.5 Å². The number of nitrogens with one attached hydrogen (secondary N) is 1. The molecule has 41 heavy (non-hydrogen) atoms. The van der Waals surface area contributed by atoms with Crippen molar-refractivity contribution in [2.24, 2.45) is 0 Å². The van der Waals surface area contributed by atoms with Crippen molar-refractivity contribution >= 4 is 22.5 Å². The number of likely N-dealkylation sites (tertiary alicyclic amines) is 1. The summed E-state index contributed by atoms with van der Waals surface area (Å²) in [6.07, 6.45) is 5.35. The van der Waals surface area contributed by atoms with Gasteiger partial charge in [-0.05, 0) is 42.2 Å². The first-order chi connectivity index (χ1) is 20.1. The van der Waals surface area contributed by atoms with Crippen LogP contribution in [0.2, 0.25) is 0 Å². The number of nitriles is 1. The molecule has 0 bridgehead atoms. The lowest BCUT2D eigenvalue weighted by Crippen LogP contribution is -2.38. The summed E-state index contributed by atoms with van der Waals surface area (Å²) in [6.45, 7) is 4.36. The summed E-state index contributed by atoms with van der Waals surface area (Å²) in [5.41, 5.74) is 6.45. The second-order valence-corrected chi connectivity index (χ2v) is 10.3. The number of nitrogens with zero attached hydrogens (tertiary/aromatic N) is 6. The van der Waals surface area contributed by atoms with Gasteiger partial charge in [0.1, 0.15) is 17.6 Å². The minimum absolute atomic E-state index is 0.0753. The van der Waals surface area contributed by atoms with Crippen molar-refractivity contribution in [3.8, 4) is 28.5 Å². The molecule has 1 aliphatic heterocycles. The van der Waals surface area contributed by atoms with Crippen molar-refractivity contribution in [1.82, 2.24) is 24.8 Å². The highest BCUT2D eigenvalue weighted by Gasteiger charge is 2.20. The summed E-state index contributed by atoms with van der Waals surface area (Å²) < 4.78 is 0. The summed E-state index contributed by atoms with van der Waals surface area (Å²) in [5, 5.41) is 13.4. The van der Waals surface area contributed by atoms with E-state index in [-0.39, 0.29) is 11.6 Å². The number of Topliss-reactive ketones (excluding diaryl/α,β-unsaturated/α-hetero) is 1. The van der Waals surface area contributed by atoms with E-state index in [1.807, 2.05) is 30.3 Å². The zero-order chi connectivity index (χ0) is 28.2. The second-order valence-electron chi connectivity index (χ2n) is 10.3. The summed E-state index contributed by atoms with van der Waals surface area (Å²) in [4.78, 5) is 31.9. The Morgan fingerprint density at radius 3 is 2.49 bits per heavy atom. The van der Waals surface area contributed by atoms with Gasteiger partial charge in [-0.25, -0.2) is 15.0 Å². The van der Waals surface area contributed by atoms with Crippen LogP contribution in [-0.2, 0) is 6.54 Å². The molecule has 0 radical (unpaired) electrons. The lowest BCUT2D eigenvalue weighted by atomic mass is 9.97. The maximum Gasteiger partial charge on any atom is 0.234 e. The Kier molecular flexibility index (Phi) is 7.44. The minimum atomic E-state index is -0.0753. The van der Waals surface area contributed by atoms with Crippen LogP contribution in [0.25, 0.3) is 33.3 Å². The monoisotopic (exact) mass is 539 g/mol. The van der Waals surface area contributed by atoms with Crippen molar-refractivity contribution < 1.29 is 4.79 Å². The van der Waals surface area contributed by atoms with Gasteiger partial charge < -0.3 is 5.32 Å². The molecule has 0 spiro atoms. The Morgan fingerprint density at radius 2 is 1.76 bits per heavy atom. The zero-order valence-corrected chi connectivity index (χ0v) is 22.8. The van der Waals surface area contributed by atoms with E-state index < -0.39 is 0 Å². The number of fused-ring (bicyclic) bond motifs is 1. The van der Waals surface area contributed by atoms with E-state index in [1.54, 1.807) is 18.5 Å². The van der Waals surface area contributed by atoms with Crippen molar-refractivity contribution in [1.29, 1.82) is 5.26 Å². The number of ketones is 1. The third-order valence-corrected chi connectivity index (χ3v) is 7.47. The van der Waals surface area contributed by atoms with Crippen molar-refractivity contribution in [2.45, 2.75) is 32.4 Å². The van der Waals surface area contributed by atoms with Gasteiger partial charge in [-0.1, -0.05) is 54.6 Å². The van der Waals surface area contributed by atoms with Gasteiger partial charge in [-0.3, -0.25) is 14.7 Å². The first-order valence-corrected chi connectivity index (χ1v) is 13.7. The number of hydrogen-bond donors (Lipinski definition) is 1. The molecule has 0 atom stereocenters. The highest BCUT2D eigenvalue weighted by molar-refractivity contribution is 5.97. The molecule has 1 saturated heterocycles. The largest absolute Gasteiger partial charge is 0.367 e. The molecule has 0 saturated carbocycles. The number of pyridine rings is 2. The number of carbonyl (C=O) groups excluding carboxylic acids is 1. The van der Waals surface area contributed by atoms with Crippen LogP contribution in [0.5, 0.6) is 0 Å². The first-order valence-electron chi connectivity index (χ1n) is 13.7. The van der Waals surface area contributed by atoms with Gasteiger partial charge in [0, 0.05) is 61.5 Å². The molecule has 2 aromatic carbocycles. The molecule has 8 heteroatoms. The second kappa shape index (κ2) is 11.6. The molecule has 0 unspecified atom stereocenters. The molecule has 5 aromatic rings. The number of rotatable bonds is 7. The Morgan fingerprint density at radius 1 is 0.976 bits per heavy atom. The molecular formula is C33H29N7O. The Balaban J connectivity index is 1.18. The van der Waals surface area contributed by atoms with Crippen LogP contribution < -0.4 is 5.32 Å². The predicted octanol–water partition coefficient (Wildman–Crippen LogP) is 5.90. The first kappa shape index (κ1) is 26.2. The standard InChI is InChI=1S/C33H29N7O/c1-22(41)29-18-30-26(20-36-29)17-28(24-5-3-2-4-6-24)33(38-30)25-9-7-23(8-10-25)21-40-15-12-27(13-16-40)37-31-11-14-35-32(19-34)39-31/h2-11,14,17-18,20,27H,12-13,15-16,21H2,1H3,(H,35,37,39). The maximum absolute atomic E-state index is 11.9. The third-order valence-electron chi connectivity index (χ3n) is 7.47. The lowest BCUT2D eigenvalue weighted by molar-refractivity contribution is 0.101. The van der Waals surface area contributed by atoms with E-state index in [9.17, 15) is 4.79 Å². The van der Waals surface area contributed by atoms with Crippen molar-refractivity contribution in [3.05, 3.63) is 102 Å². The fraction of sp³-hybridized carbons (Fsp3) is 0.212. The van der Waals surface area contributed by atoms with Crippen LogP contribution in [0.15, 0.2) is 85.2 Å². The fourth-order valence-corrected chi connectivity index (χ4v) is 5.28. The molecule has 0 aliphatic carbocycles. The highest BCUT2D eigenvalue weighted by atomic mass is 16.1. The maximum atomic E-state index is 11.9. The summed E-state index contributed by atoms with van der Waals surface area (Å²) in [5.74, 6) is 0.814. The predicted molar refractivity (Wildman–Crippen MR) is 159 cm³/mol. The summed E-state index contributed by atoms with van der Waals surface area (Å²) >= 11 is 0. The molecule has 3 aromatic heterocycles. The molecule has 1 N–H and O–H groups in total. The van der Waals surface area contributed by atoms with Gasteiger partial charge in [0.2, 0.25) is 5.82 Å². The van der Waals surface area contributed by atoms with E-state index in [2.05, 4.69) is 67.6 Å². The van der Waals surface area contributed by atoms with Crippen LogP contribution in [-0.4, -0.2) is 49.8 Å². The number of benzene rings is 2. The fourth-order valence-electron chi connectivity index (χ4n) is 5.28. The molecule has 6 rings (SSSR count). The van der Waals surface area contributed by atoms with Gasteiger partial charge >= 0.3 is 0 Å². The van der Waals surface area contributed by atoms with Crippen LogP contribution in [0.1, 0.15) is 41.6 Å². The van der Waals surface area contributed by atoms with Gasteiger partial charge in [-0.15, -0.1) is 0 Å². The summed E-state index contributed by atoms with van der Waals surface area (Å²) in [7, 11) is 0. The minimum Gasteiger partial charge on any atom is -0.367 e. The average molecular weight is 540 g/mol. The lowest BCUT2D eigenvalue weighted by Gasteiger charge is -2.32. The van der Waals surface area contributed by atoms with Crippen LogP contribution in [0.4, 0.5) is 5.82 Å². The topological polar surface area (TPSA) is 108 Å². The number of aromatic nitrogens is 4. The molecule has 1 aliphatic rings. The van der Waals surface area contributed by atoms with Gasteiger partial charge in [0.15, 0.2) is 5.78 Å². The van der Waals surface area contributed by atoms with Crippen molar-refractivity contribution in [2.75, 3.05) is 18.4 Å².